The van der Waals surface area contributed by atoms with E-state index in [-0.39, 0.29) is 5.89 Å². The van der Waals surface area contributed by atoms with Crippen LogP contribution in [0.4, 0.5) is 0 Å². The van der Waals surface area contributed by atoms with E-state index in [1.807, 2.05) is 24.3 Å². The van der Waals surface area contributed by atoms with Gasteiger partial charge in [0.25, 0.3) is 0 Å². The Kier molecular flexibility index (Phi) is 3.81. The van der Waals surface area contributed by atoms with Gasteiger partial charge in [-0.05, 0) is 26.0 Å². The third-order valence-electron chi connectivity index (χ3n) is 2.33. The molecule has 0 amide bonds. The van der Waals surface area contributed by atoms with Gasteiger partial charge in [0.1, 0.15) is 0 Å². The van der Waals surface area contributed by atoms with Crippen molar-refractivity contribution in [3.8, 4) is 11.3 Å². The minimum atomic E-state index is -0.540. The molecule has 0 aliphatic rings. The molecule has 1 heterocycles. The van der Waals surface area contributed by atoms with Crippen LogP contribution in [-0.2, 0) is 4.74 Å². The highest BCUT2D eigenvalue weighted by atomic mass is 79.9. The fraction of sp³-hybridized carbons (Fsp3) is 0.231. The summed E-state index contributed by atoms with van der Waals surface area (Å²) in [7, 11) is 0. The van der Waals surface area contributed by atoms with Crippen LogP contribution >= 0.6 is 15.9 Å². The van der Waals surface area contributed by atoms with Gasteiger partial charge in [-0.15, -0.1) is 0 Å². The van der Waals surface area contributed by atoms with E-state index in [4.69, 9.17) is 9.15 Å². The summed E-state index contributed by atoms with van der Waals surface area (Å²) in [6.45, 7) is 3.83. The second-order valence-electron chi connectivity index (χ2n) is 3.66. The summed E-state index contributed by atoms with van der Waals surface area (Å²) in [5, 5.41) is 0. The Balaban J connectivity index is 2.38. The first kappa shape index (κ1) is 12.8. The van der Waals surface area contributed by atoms with Crippen molar-refractivity contribution in [2.75, 3.05) is 6.61 Å². The molecule has 0 atom stereocenters. The molecule has 1 aromatic carbocycles. The summed E-state index contributed by atoms with van der Waals surface area (Å²) in [6.07, 6.45) is 0. The standard InChI is InChI=1S/C13H12BrNO3/c1-3-17-13(16)12-15-8(2)11(18-12)9-5-4-6-10(14)7-9/h4-7H,3H2,1-2H3. The molecule has 2 rings (SSSR count). The number of hydrogen-bond donors (Lipinski definition) is 0. The number of benzene rings is 1. The highest BCUT2D eigenvalue weighted by Crippen LogP contribution is 2.27. The van der Waals surface area contributed by atoms with E-state index in [9.17, 15) is 4.79 Å². The van der Waals surface area contributed by atoms with Gasteiger partial charge in [0.2, 0.25) is 0 Å². The Hall–Kier alpha value is -1.62. The molecule has 0 aliphatic carbocycles. The zero-order chi connectivity index (χ0) is 13.1. The van der Waals surface area contributed by atoms with Crippen LogP contribution < -0.4 is 0 Å². The van der Waals surface area contributed by atoms with Crippen LogP contribution in [0.3, 0.4) is 0 Å². The van der Waals surface area contributed by atoms with Crippen molar-refractivity contribution in [2.24, 2.45) is 0 Å². The number of carbonyl (C=O) groups is 1. The second kappa shape index (κ2) is 5.35. The molecule has 0 fully saturated rings. The number of esters is 1. The zero-order valence-electron chi connectivity index (χ0n) is 10.1. The number of hydrogen-bond acceptors (Lipinski definition) is 4. The van der Waals surface area contributed by atoms with E-state index >= 15 is 0 Å². The fourth-order valence-electron chi connectivity index (χ4n) is 1.57. The van der Waals surface area contributed by atoms with E-state index in [1.165, 1.54) is 0 Å². The first-order chi connectivity index (χ1) is 8.61. The molecule has 0 saturated carbocycles. The van der Waals surface area contributed by atoms with Crippen molar-refractivity contribution in [3.63, 3.8) is 0 Å². The molecule has 4 nitrogen and oxygen atoms in total. The average molecular weight is 310 g/mol. The second-order valence-corrected chi connectivity index (χ2v) is 4.58. The first-order valence-electron chi connectivity index (χ1n) is 5.52. The Morgan fingerprint density at radius 3 is 2.94 bits per heavy atom. The van der Waals surface area contributed by atoms with Crippen molar-refractivity contribution >= 4 is 21.9 Å². The average Bonchev–Trinajstić information content (AvgIpc) is 2.72. The van der Waals surface area contributed by atoms with Gasteiger partial charge in [0.05, 0.1) is 12.3 Å². The molecule has 2 aromatic rings. The van der Waals surface area contributed by atoms with Gasteiger partial charge in [-0.25, -0.2) is 9.78 Å². The van der Waals surface area contributed by atoms with Gasteiger partial charge in [-0.1, -0.05) is 28.1 Å². The SMILES string of the molecule is CCOC(=O)c1nc(C)c(-c2cccc(Br)c2)o1. The summed E-state index contributed by atoms with van der Waals surface area (Å²) in [5.74, 6) is 0.0329. The molecule has 0 aliphatic heterocycles. The molecule has 0 saturated heterocycles. The van der Waals surface area contributed by atoms with Crippen LogP contribution in [0.5, 0.6) is 0 Å². The molecular formula is C13H12BrNO3. The molecular weight excluding hydrogens is 298 g/mol. The molecule has 0 unspecified atom stereocenters. The lowest BCUT2D eigenvalue weighted by Crippen LogP contribution is -2.04. The summed E-state index contributed by atoms with van der Waals surface area (Å²) in [6, 6.07) is 7.61. The Morgan fingerprint density at radius 1 is 1.50 bits per heavy atom. The quantitative estimate of drug-likeness (QED) is 0.813. The van der Waals surface area contributed by atoms with Crippen molar-refractivity contribution in [2.45, 2.75) is 13.8 Å². The highest BCUT2D eigenvalue weighted by molar-refractivity contribution is 9.10. The molecule has 0 bridgehead atoms. The lowest BCUT2D eigenvalue weighted by molar-refractivity contribution is 0.0482. The summed E-state index contributed by atoms with van der Waals surface area (Å²) >= 11 is 3.39. The molecule has 0 radical (unpaired) electrons. The topological polar surface area (TPSA) is 52.3 Å². The summed E-state index contributed by atoms with van der Waals surface area (Å²) in [5.41, 5.74) is 1.53. The van der Waals surface area contributed by atoms with Gasteiger partial charge < -0.3 is 9.15 Å². The molecule has 0 N–H and O–H groups in total. The van der Waals surface area contributed by atoms with E-state index in [0.29, 0.717) is 18.1 Å². The predicted molar refractivity (Wildman–Crippen MR) is 70.3 cm³/mol. The monoisotopic (exact) mass is 309 g/mol. The van der Waals surface area contributed by atoms with Gasteiger partial charge in [-0.2, -0.15) is 0 Å². The summed E-state index contributed by atoms with van der Waals surface area (Å²) < 4.78 is 11.3. The smallest absolute Gasteiger partial charge is 0.394 e. The normalized spacial score (nSPS) is 10.4. The number of ether oxygens (including phenoxy) is 1. The van der Waals surface area contributed by atoms with Crippen molar-refractivity contribution in [1.82, 2.24) is 4.98 Å². The fourth-order valence-corrected chi connectivity index (χ4v) is 1.97. The maximum atomic E-state index is 11.5. The van der Waals surface area contributed by atoms with Gasteiger partial charge in [0, 0.05) is 10.0 Å². The number of halogens is 1. The predicted octanol–water partition coefficient (Wildman–Crippen LogP) is 3.59. The Labute approximate surface area is 113 Å². The Bertz CT molecular complexity index is 577. The molecule has 5 heteroatoms. The number of rotatable bonds is 3. The van der Waals surface area contributed by atoms with Crippen LogP contribution in [0.1, 0.15) is 23.3 Å². The molecule has 0 spiro atoms. The third kappa shape index (κ3) is 2.61. The van der Waals surface area contributed by atoms with Gasteiger partial charge in [-0.3, -0.25) is 0 Å². The lowest BCUT2D eigenvalue weighted by atomic mass is 10.1. The number of aryl methyl sites for hydroxylation is 1. The largest absolute Gasteiger partial charge is 0.459 e. The lowest BCUT2D eigenvalue weighted by Gasteiger charge is -1.98. The van der Waals surface area contributed by atoms with Crippen molar-refractivity contribution in [3.05, 3.63) is 40.3 Å². The van der Waals surface area contributed by atoms with E-state index < -0.39 is 5.97 Å². The van der Waals surface area contributed by atoms with Crippen LogP contribution in [0.2, 0.25) is 0 Å². The number of aromatic nitrogens is 1. The maximum Gasteiger partial charge on any atom is 0.394 e. The Morgan fingerprint density at radius 2 is 2.28 bits per heavy atom. The number of oxazole rings is 1. The molecule has 94 valence electrons. The molecule has 1 aromatic heterocycles. The maximum absolute atomic E-state index is 11.5. The van der Waals surface area contributed by atoms with Crippen molar-refractivity contribution < 1.29 is 13.9 Å². The number of carbonyl (C=O) groups excluding carboxylic acids is 1. The van der Waals surface area contributed by atoms with Crippen LogP contribution in [0.25, 0.3) is 11.3 Å². The van der Waals surface area contributed by atoms with E-state index in [1.54, 1.807) is 13.8 Å². The minimum Gasteiger partial charge on any atom is -0.459 e. The van der Waals surface area contributed by atoms with E-state index in [0.717, 1.165) is 10.0 Å². The number of nitrogens with zero attached hydrogens (tertiary/aromatic N) is 1. The van der Waals surface area contributed by atoms with Gasteiger partial charge >= 0.3 is 11.9 Å². The summed E-state index contributed by atoms with van der Waals surface area (Å²) in [4.78, 5) is 15.6. The van der Waals surface area contributed by atoms with Gasteiger partial charge in [0.15, 0.2) is 5.76 Å². The van der Waals surface area contributed by atoms with E-state index in [2.05, 4.69) is 20.9 Å². The highest BCUT2D eigenvalue weighted by Gasteiger charge is 2.18. The third-order valence-corrected chi connectivity index (χ3v) is 2.83. The zero-order valence-corrected chi connectivity index (χ0v) is 11.7. The first-order valence-corrected chi connectivity index (χ1v) is 6.31. The van der Waals surface area contributed by atoms with Crippen LogP contribution in [-0.4, -0.2) is 17.6 Å². The minimum absolute atomic E-state index is 0.00988. The van der Waals surface area contributed by atoms with Crippen LogP contribution in [0.15, 0.2) is 33.2 Å². The van der Waals surface area contributed by atoms with Crippen molar-refractivity contribution in [1.29, 1.82) is 0 Å². The molecule has 18 heavy (non-hydrogen) atoms. The van der Waals surface area contributed by atoms with Crippen LogP contribution in [0, 0.1) is 6.92 Å².